The molecule has 0 saturated carbocycles. The summed E-state index contributed by atoms with van der Waals surface area (Å²) in [6.07, 6.45) is -5.08. The zero-order valence-corrected chi connectivity index (χ0v) is 34.8. The van der Waals surface area contributed by atoms with Crippen LogP contribution in [-0.2, 0) is 38.0 Å². The Morgan fingerprint density at radius 1 is 0.923 bits per heavy atom. The number of hydrogen-bond acceptors (Lipinski definition) is 13. The molecule has 3 rings (SSSR count). The van der Waals surface area contributed by atoms with Crippen molar-refractivity contribution in [3.05, 3.63) is 0 Å². The van der Waals surface area contributed by atoms with Gasteiger partial charge in [-0.25, -0.2) is 0 Å². The minimum Gasteiger partial charge on any atom is -0.459 e. The Bertz CT molecular complexity index is 1130. The van der Waals surface area contributed by atoms with Crippen molar-refractivity contribution in [1.29, 1.82) is 0 Å². The summed E-state index contributed by atoms with van der Waals surface area (Å²) in [5, 5.41) is 37.4. The smallest absolute Gasteiger partial charge is 0.311 e. The summed E-state index contributed by atoms with van der Waals surface area (Å²) in [5.41, 5.74) is -3.19. The van der Waals surface area contributed by atoms with Crippen LogP contribution in [0.1, 0.15) is 102 Å². The summed E-state index contributed by atoms with van der Waals surface area (Å²) >= 11 is 0. The zero-order chi connectivity index (χ0) is 39.5. The Morgan fingerprint density at radius 2 is 1.56 bits per heavy atom. The fourth-order valence-corrected chi connectivity index (χ4v) is 8.98. The Labute approximate surface area is 313 Å². The number of aliphatic hydroxyl groups excluding tert-OH is 2. The van der Waals surface area contributed by atoms with Crippen molar-refractivity contribution in [3.8, 4) is 0 Å². The van der Waals surface area contributed by atoms with Gasteiger partial charge in [-0.05, 0) is 92.8 Å². The number of likely N-dealkylation sites (N-methyl/N-ethyl adjacent to an activating group) is 1. The van der Waals surface area contributed by atoms with Crippen LogP contribution in [-0.4, -0.2) is 146 Å². The molecule has 3 aliphatic rings. The highest BCUT2D eigenvalue weighted by molar-refractivity contribution is 5.73. The lowest BCUT2D eigenvalue weighted by Crippen LogP contribution is -2.59. The number of ether oxygens (including phenoxy) is 7. The summed E-state index contributed by atoms with van der Waals surface area (Å²) in [4.78, 5) is 16.4. The molecular weight excluding hydrogens is 672 g/mol. The van der Waals surface area contributed by atoms with Crippen molar-refractivity contribution in [2.75, 3.05) is 34.9 Å². The summed E-state index contributed by atoms with van der Waals surface area (Å²) < 4.78 is 44.7. The van der Waals surface area contributed by atoms with Gasteiger partial charge in [0.15, 0.2) is 12.6 Å². The average molecular weight is 747 g/mol. The monoisotopic (exact) mass is 747 g/mol. The Kier molecular flexibility index (Phi) is 16.0. The Hall–Kier alpha value is -0.970. The third-order valence-electron chi connectivity index (χ3n) is 12.2. The maximum absolute atomic E-state index is 14.3. The van der Waals surface area contributed by atoms with Crippen LogP contribution in [0.15, 0.2) is 0 Å². The van der Waals surface area contributed by atoms with Crippen molar-refractivity contribution in [1.82, 2.24) is 10.2 Å². The van der Waals surface area contributed by atoms with E-state index in [4.69, 9.17) is 33.2 Å². The molecule has 13 heteroatoms. The summed E-state index contributed by atoms with van der Waals surface area (Å²) in [6, 6.07) is -0.443. The van der Waals surface area contributed by atoms with Crippen LogP contribution < -0.4 is 5.32 Å². The first-order valence-corrected chi connectivity index (χ1v) is 19.4. The van der Waals surface area contributed by atoms with Crippen molar-refractivity contribution in [2.24, 2.45) is 23.2 Å². The van der Waals surface area contributed by atoms with Crippen LogP contribution >= 0.6 is 0 Å². The van der Waals surface area contributed by atoms with Gasteiger partial charge in [-0.1, -0.05) is 34.6 Å². The number of aliphatic hydroxyl groups is 3. The number of rotatable bonds is 8. The largest absolute Gasteiger partial charge is 0.459 e. The van der Waals surface area contributed by atoms with E-state index in [1.807, 2.05) is 48.7 Å². The maximum Gasteiger partial charge on any atom is 0.311 e. The number of nitrogens with zero attached hydrogens (tertiary/aromatic N) is 1. The van der Waals surface area contributed by atoms with Gasteiger partial charge in [0.05, 0.1) is 35.9 Å². The van der Waals surface area contributed by atoms with E-state index in [1.54, 1.807) is 28.1 Å². The van der Waals surface area contributed by atoms with Gasteiger partial charge in [-0.15, -0.1) is 0 Å². The Morgan fingerprint density at radius 3 is 2.12 bits per heavy atom. The van der Waals surface area contributed by atoms with E-state index >= 15 is 0 Å². The number of cyclic esters (lactones) is 1. The molecule has 3 fully saturated rings. The molecule has 0 aromatic rings. The highest BCUT2D eigenvalue weighted by Gasteiger charge is 2.52. The number of carbonyl (C=O) groups is 1. The fraction of sp³-hybridized carbons (Fsp3) is 0.974. The van der Waals surface area contributed by atoms with Crippen molar-refractivity contribution >= 4 is 5.97 Å². The predicted octanol–water partition coefficient (Wildman–Crippen LogP) is 3.49. The molecule has 0 amide bonds. The van der Waals surface area contributed by atoms with Gasteiger partial charge >= 0.3 is 5.97 Å². The molecule has 306 valence electrons. The number of methoxy groups -OCH3 is 2. The molecule has 3 heterocycles. The van der Waals surface area contributed by atoms with E-state index in [2.05, 4.69) is 31.0 Å². The maximum atomic E-state index is 14.3. The normalized spacial score (nSPS) is 47.4. The minimum atomic E-state index is -1.74. The summed E-state index contributed by atoms with van der Waals surface area (Å²) in [5.74, 6) is -1.76. The van der Waals surface area contributed by atoms with Crippen molar-refractivity contribution in [2.45, 2.75) is 187 Å². The molecule has 0 aromatic carbocycles. The third-order valence-corrected chi connectivity index (χ3v) is 12.2. The summed E-state index contributed by atoms with van der Waals surface area (Å²) in [7, 11) is 7.29. The molecule has 13 nitrogen and oxygen atoms in total. The van der Waals surface area contributed by atoms with E-state index in [0.717, 1.165) is 6.42 Å². The standard InChI is InChI=1S/C39H74N2O11/c1-16-28-39(11,45)32(42)25(6)40-20-21(2)18-37(8,9)34(52-36-31(46-14)27(41(12)13)17-22(3)48-36)23(4)30(24(5)35(44)50-28)51-29-19-38(10,47-15)33(43)26(7)49-29/h21-34,36,40,42-43,45H,16-20H2,1-15H3/t21?,22?,23?,24?,25?,26?,27?,28-,29?,30?,31?,32?,33?,34?,36?,38?,39?/m1/s1. The van der Waals surface area contributed by atoms with Crippen LogP contribution in [0.5, 0.6) is 0 Å². The zero-order valence-electron chi connectivity index (χ0n) is 34.8. The molecular formula is C39H74N2O11. The summed E-state index contributed by atoms with van der Waals surface area (Å²) in [6.45, 7) is 21.6. The molecule has 0 aromatic heterocycles. The SMILES string of the molecule is CC[C@H]1OC(=O)C(C)C(OC2CC(C)(OC)C(O)C(C)O2)C(C)C(OC2OC(C)CC(N(C)C)C2OC)C(C)(C)CC(C)CNC(C)C(O)C1(C)O. The molecule has 0 radical (unpaired) electrons. The minimum absolute atomic E-state index is 0.0467. The second-order valence-electron chi connectivity index (χ2n) is 17.5. The van der Waals surface area contributed by atoms with Gasteiger partial charge in [0.2, 0.25) is 0 Å². The topological polar surface area (TPSA) is 158 Å². The molecule has 0 aliphatic carbocycles. The number of carbonyl (C=O) groups excluding carboxylic acids is 1. The third kappa shape index (κ3) is 10.3. The van der Waals surface area contributed by atoms with Crippen LogP contribution in [0.3, 0.4) is 0 Å². The quantitative estimate of drug-likeness (QED) is 0.268. The van der Waals surface area contributed by atoms with Gasteiger partial charge in [0.25, 0.3) is 0 Å². The van der Waals surface area contributed by atoms with E-state index < -0.39 is 89.7 Å². The van der Waals surface area contributed by atoms with Gasteiger partial charge in [0.1, 0.15) is 30.0 Å². The number of hydrogen-bond donors (Lipinski definition) is 4. The van der Waals surface area contributed by atoms with Gasteiger partial charge in [-0.2, -0.15) is 0 Å². The van der Waals surface area contributed by atoms with E-state index in [1.165, 1.54) is 6.92 Å². The first-order valence-electron chi connectivity index (χ1n) is 19.4. The van der Waals surface area contributed by atoms with Crippen LogP contribution in [0.25, 0.3) is 0 Å². The molecule has 4 N–H and O–H groups in total. The first kappa shape index (κ1) is 45.4. The number of esters is 1. The lowest BCUT2D eigenvalue weighted by Gasteiger charge is -2.49. The molecule has 0 bridgehead atoms. The molecule has 3 aliphatic heterocycles. The number of nitrogens with one attached hydrogen (secondary N) is 1. The lowest BCUT2D eigenvalue weighted by atomic mass is 9.71. The van der Waals surface area contributed by atoms with Gasteiger partial charge in [0, 0.05) is 38.6 Å². The lowest BCUT2D eigenvalue weighted by molar-refractivity contribution is -0.314. The van der Waals surface area contributed by atoms with Crippen LogP contribution in [0.2, 0.25) is 0 Å². The molecule has 0 spiro atoms. The van der Waals surface area contributed by atoms with Gasteiger partial charge < -0.3 is 58.7 Å². The Balaban J connectivity index is 2.17. The van der Waals surface area contributed by atoms with E-state index in [9.17, 15) is 20.1 Å². The van der Waals surface area contributed by atoms with Crippen molar-refractivity contribution in [3.63, 3.8) is 0 Å². The molecule has 52 heavy (non-hydrogen) atoms. The van der Waals surface area contributed by atoms with Crippen molar-refractivity contribution < 1.29 is 53.3 Å². The second-order valence-corrected chi connectivity index (χ2v) is 17.5. The first-order chi connectivity index (χ1) is 24.0. The average Bonchev–Trinajstić information content (AvgIpc) is 3.07. The predicted molar refractivity (Wildman–Crippen MR) is 197 cm³/mol. The highest BCUT2D eigenvalue weighted by Crippen LogP contribution is 2.43. The second kappa shape index (κ2) is 18.3. The molecule has 3 saturated heterocycles. The fourth-order valence-electron chi connectivity index (χ4n) is 8.98. The van der Waals surface area contributed by atoms with Crippen LogP contribution in [0.4, 0.5) is 0 Å². The van der Waals surface area contributed by atoms with E-state index in [0.29, 0.717) is 13.0 Å². The molecule has 16 unspecified atom stereocenters. The highest BCUT2D eigenvalue weighted by atomic mass is 16.7. The van der Waals surface area contributed by atoms with Gasteiger partial charge in [-0.3, -0.25) is 4.79 Å². The van der Waals surface area contributed by atoms with E-state index in [-0.39, 0.29) is 37.0 Å². The molecule has 17 atom stereocenters. The van der Waals surface area contributed by atoms with Crippen LogP contribution in [0, 0.1) is 23.2 Å².